The van der Waals surface area contributed by atoms with E-state index in [0.717, 1.165) is 30.4 Å². The molecule has 0 aromatic heterocycles. The van der Waals surface area contributed by atoms with Gasteiger partial charge in [0.2, 0.25) is 35.3 Å². The van der Waals surface area contributed by atoms with Gasteiger partial charge in [-0.3, -0.25) is 38.6 Å². The number of ether oxygens (including phenoxy) is 1. The van der Waals surface area contributed by atoms with Crippen LogP contribution in [0.3, 0.4) is 0 Å². The summed E-state index contributed by atoms with van der Waals surface area (Å²) in [7, 11) is 0. The first kappa shape index (κ1) is 56.3. The van der Waals surface area contributed by atoms with Gasteiger partial charge in [-0.05, 0) is 107 Å². The number of hydrogen-bond acceptors (Lipinski definition) is 14. The van der Waals surface area contributed by atoms with Crippen LogP contribution in [0, 0.1) is 5.92 Å². The number of aliphatic hydroxyl groups is 2. The SMILES string of the molecule is CC(O)[C@H](NC(=O)CNC(=O)c1ccc(C2=C3C=C(F)C(=O)C=C3OC3C=C(O)C(F)=CC23)c(C(=O)O)c1)C(=O)N[C@@H](CCCCN)C(=O)N1CCC[C@H]1C(=O)N1CCC[C@H]1C(=O)N[C@@H](CCCN=C(N)N)C(=O)O. The Hall–Kier alpha value is -8.00. The van der Waals surface area contributed by atoms with Crippen molar-refractivity contribution in [2.75, 3.05) is 32.7 Å². The number of fused-ring (bicyclic) bond motifs is 2. The van der Waals surface area contributed by atoms with Crippen molar-refractivity contribution in [3.8, 4) is 0 Å². The minimum atomic E-state index is -1.70. The zero-order chi connectivity index (χ0) is 54.8. The van der Waals surface area contributed by atoms with Crippen molar-refractivity contribution < 1.29 is 77.1 Å². The molecule has 2 aliphatic carbocycles. The average molecular weight is 1050 g/mol. The average Bonchev–Trinajstić information content (AvgIpc) is 4.07. The van der Waals surface area contributed by atoms with E-state index in [1.54, 1.807) is 0 Å². The number of nitrogens with one attached hydrogen (secondary N) is 4. The Balaban J connectivity index is 1.11. The van der Waals surface area contributed by atoms with Crippen molar-refractivity contribution in [3.05, 3.63) is 87.9 Å². The maximum atomic E-state index is 14.8. The third-order valence-electron chi connectivity index (χ3n) is 13.2. The zero-order valence-corrected chi connectivity index (χ0v) is 40.8. The van der Waals surface area contributed by atoms with E-state index < -0.39 is 131 Å². The molecular weight excluding hydrogens is 991 g/mol. The number of amides is 6. The molecule has 3 heterocycles. The van der Waals surface area contributed by atoms with E-state index in [2.05, 4.69) is 26.3 Å². The number of aliphatic carboxylic acids is 1. The molecule has 5 aliphatic rings. The number of aromatic carboxylic acids is 1. The summed E-state index contributed by atoms with van der Waals surface area (Å²) in [5.41, 5.74) is 15.4. The first-order chi connectivity index (χ1) is 35.6. The van der Waals surface area contributed by atoms with E-state index in [1.807, 2.05) is 0 Å². The van der Waals surface area contributed by atoms with Crippen LogP contribution in [0.2, 0.25) is 0 Å². The van der Waals surface area contributed by atoms with Crippen molar-refractivity contribution in [2.24, 2.45) is 28.1 Å². The molecule has 0 spiro atoms. The lowest BCUT2D eigenvalue weighted by Gasteiger charge is -2.37. The number of halogens is 2. The Bertz CT molecular complexity index is 2680. The summed E-state index contributed by atoms with van der Waals surface area (Å²) in [6.45, 7) is 1.02. The summed E-state index contributed by atoms with van der Waals surface area (Å²) in [6, 6.07) is -3.02. The van der Waals surface area contributed by atoms with E-state index in [9.17, 15) is 72.4 Å². The number of benzene rings is 1. The number of carboxylic acid groups (broad SMARTS) is 2. The highest BCUT2D eigenvalue weighted by Crippen LogP contribution is 2.46. The highest BCUT2D eigenvalue weighted by Gasteiger charge is 2.45. The van der Waals surface area contributed by atoms with Crippen molar-refractivity contribution in [3.63, 3.8) is 0 Å². The molecule has 24 nitrogen and oxygen atoms in total. The minimum absolute atomic E-state index is 0.00271. The molecule has 14 N–H and O–H groups in total. The van der Waals surface area contributed by atoms with E-state index in [4.69, 9.17) is 21.9 Å². The number of allylic oxidation sites excluding steroid dienone is 4. The number of carbonyl (C=O) groups excluding carboxylic acids is 7. The van der Waals surface area contributed by atoms with Crippen LogP contribution in [0.1, 0.15) is 91.0 Å². The van der Waals surface area contributed by atoms with E-state index in [0.29, 0.717) is 25.7 Å². The van der Waals surface area contributed by atoms with Crippen molar-refractivity contribution in [1.82, 2.24) is 31.1 Å². The number of hydrogen-bond donors (Lipinski definition) is 11. The standard InChI is InChI=1S/C49H60F2N10O14/c1-23(62)41(59-39(65)22-56-42(66)24-11-12-25(26(17-24)47(71)72)40-27-18-29(50)35(63)20-37(27)75-38-21-36(64)30(51)19-28(38)40)44(68)57-31(7-2-3-13-52)45(69)61-16-6-10-34(61)46(70)60-15-5-9-33(60)43(67)58-32(48(73)74)8-4-14-55-49(53)54/h11-12,17-21,23,27,31-34,37,41,62-63H,2-10,13-16,22,52H2,1H3,(H,56,66)(H,57,68)(H,58,67)(H,59,65)(H,71,72)(H,73,74)(H4,53,54,55)/t23?,27?,31-,32-,33-,34-,37?,41-/m0/s1. The number of aliphatic hydroxyl groups excluding tert-OH is 2. The summed E-state index contributed by atoms with van der Waals surface area (Å²) < 4.78 is 35.2. The van der Waals surface area contributed by atoms with Gasteiger partial charge in [0.25, 0.3) is 5.91 Å². The maximum absolute atomic E-state index is 14.8. The fraction of sp³-hybridized carbons (Fsp3) is 0.469. The molecule has 8 atom stereocenters. The largest absolute Gasteiger partial charge is 0.505 e. The molecule has 0 radical (unpaired) electrons. The molecule has 1 aromatic rings. The number of nitrogens with zero attached hydrogens (tertiary/aromatic N) is 3. The highest BCUT2D eigenvalue weighted by molar-refractivity contribution is 6.07. The fourth-order valence-corrected chi connectivity index (χ4v) is 9.54. The second kappa shape index (κ2) is 24.8. The normalized spacial score (nSPS) is 21.5. The molecule has 6 amide bonds. The predicted octanol–water partition coefficient (Wildman–Crippen LogP) is -0.403. The number of carboxylic acids is 2. The second-order valence-corrected chi connectivity index (χ2v) is 18.5. The Morgan fingerprint density at radius 2 is 1.57 bits per heavy atom. The van der Waals surface area contributed by atoms with Crippen LogP contribution in [0.4, 0.5) is 8.78 Å². The smallest absolute Gasteiger partial charge is 0.336 e. The monoisotopic (exact) mass is 1050 g/mol. The third-order valence-corrected chi connectivity index (χ3v) is 13.2. The maximum Gasteiger partial charge on any atom is 0.336 e. The number of unbranched alkanes of at least 4 members (excludes halogenated alkanes) is 1. The van der Waals surface area contributed by atoms with Crippen LogP contribution < -0.4 is 38.5 Å². The van der Waals surface area contributed by atoms with Gasteiger partial charge in [-0.1, -0.05) is 6.07 Å². The van der Waals surface area contributed by atoms with Gasteiger partial charge < -0.3 is 73.4 Å². The molecule has 75 heavy (non-hydrogen) atoms. The van der Waals surface area contributed by atoms with Crippen LogP contribution in [-0.4, -0.2) is 164 Å². The summed E-state index contributed by atoms with van der Waals surface area (Å²) in [6.07, 6.45) is 3.23. The number of carbonyl (C=O) groups is 9. The molecule has 6 rings (SSSR count). The Labute approximate surface area is 427 Å². The van der Waals surface area contributed by atoms with Gasteiger partial charge in [0.1, 0.15) is 42.1 Å². The van der Waals surface area contributed by atoms with Crippen LogP contribution in [0.25, 0.3) is 5.57 Å². The minimum Gasteiger partial charge on any atom is -0.505 e. The number of rotatable bonds is 22. The van der Waals surface area contributed by atoms with Crippen LogP contribution in [-0.2, 0) is 38.3 Å². The van der Waals surface area contributed by atoms with Gasteiger partial charge in [-0.2, -0.15) is 0 Å². The van der Waals surface area contributed by atoms with Crippen LogP contribution >= 0.6 is 0 Å². The molecule has 2 fully saturated rings. The van der Waals surface area contributed by atoms with E-state index in [1.165, 1.54) is 28.9 Å². The molecule has 26 heteroatoms. The molecule has 404 valence electrons. The van der Waals surface area contributed by atoms with Gasteiger partial charge in [-0.25, -0.2) is 18.4 Å². The van der Waals surface area contributed by atoms with Crippen molar-refractivity contribution in [1.29, 1.82) is 0 Å². The Morgan fingerprint density at radius 3 is 2.24 bits per heavy atom. The predicted molar refractivity (Wildman–Crippen MR) is 261 cm³/mol. The number of likely N-dealkylation sites (tertiary alicyclic amines) is 2. The van der Waals surface area contributed by atoms with E-state index >= 15 is 0 Å². The van der Waals surface area contributed by atoms with Gasteiger partial charge in [0.15, 0.2) is 23.4 Å². The van der Waals surface area contributed by atoms with Gasteiger partial charge >= 0.3 is 11.9 Å². The number of guanidine groups is 1. The van der Waals surface area contributed by atoms with Crippen LogP contribution in [0.5, 0.6) is 0 Å². The van der Waals surface area contributed by atoms with Crippen molar-refractivity contribution in [2.45, 2.75) is 107 Å². The van der Waals surface area contributed by atoms with Gasteiger partial charge in [-0.15, -0.1) is 0 Å². The molecule has 0 bridgehead atoms. The zero-order valence-electron chi connectivity index (χ0n) is 40.8. The lowest BCUT2D eigenvalue weighted by molar-refractivity contribution is -0.149. The van der Waals surface area contributed by atoms with Crippen LogP contribution in [0.15, 0.2) is 76.2 Å². The highest BCUT2D eigenvalue weighted by atomic mass is 19.1. The fourth-order valence-electron chi connectivity index (χ4n) is 9.54. The lowest BCUT2D eigenvalue weighted by atomic mass is 9.77. The molecule has 3 aliphatic heterocycles. The van der Waals surface area contributed by atoms with Crippen molar-refractivity contribution >= 4 is 64.7 Å². The summed E-state index contributed by atoms with van der Waals surface area (Å²) in [5.74, 6) is -13.3. The summed E-state index contributed by atoms with van der Waals surface area (Å²) >= 11 is 0. The Morgan fingerprint density at radius 1 is 0.880 bits per heavy atom. The van der Waals surface area contributed by atoms with Gasteiger partial charge in [0, 0.05) is 48.8 Å². The summed E-state index contributed by atoms with van der Waals surface area (Å²) in [4.78, 5) is 126. The molecule has 3 unspecified atom stereocenters. The summed E-state index contributed by atoms with van der Waals surface area (Å²) in [5, 5.41) is 50.5. The molecule has 1 aromatic carbocycles. The number of aliphatic imine (C=N–C) groups is 1. The van der Waals surface area contributed by atoms with E-state index in [-0.39, 0.29) is 92.3 Å². The molecule has 2 saturated heterocycles. The first-order valence-electron chi connectivity index (χ1n) is 24.3. The lowest BCUT2D eigenvalue weighted by Crippen LogP contribution is -2.60. The molecule has 0 saturated carbocycles. The number of ketones is 1. The topological polar surface area (TPSA) is 389 Å². The number of nitrogens with two attached hydrogens (primary N) is 3. The third kappa shape index (κ3) is 13.4. The quantitative estimate of drug-likeness (QED) is 0.0400. The first-order valence-corrected chi connectivity index (χ1v) is 24.3. The molecular formula is C49H60F2N10O14. The van der Waals surface area contributed by atoms with Gasteiger partial charge in [0.05, 0.1) is 18.2 Å². The second-order valence-electron chi connectivity index (χ2n) is 18.5. The Kier molecular flexibility index (Phi) is 18.6.